The van der Waals surface area contributed by atoms with Crippen molar-refractivity contribution in [2.75, 3.05) is 20.8 Å². The molecular weight excluding hydrogens is 302 g/mol. The molecule has 1 saturated heterocycles. The minimum absolute atomic E-state index is 0.380. The van der Waals surface area contributed by atoms with Gasteiger partial charge in [0.05, 0.1) is 26.0 Å². The molecule has 1 fully saturated rings. The summed E-state index contributed by atoms with van der Waals surface area (Å²) in [6.45, 7) is 1.98. The minimum atomic E-state index is 0.380. The van der Waals surface area contributed by atoms with Crippen molar-refractivity contribution in [2.45, 2.75) is 38.3 Å². The van der Waals surface area contributed by atoms with E-state index in [1.54, 1.807) is 14.2 Å². The average molecular weight is 329 g/mol. The summed E-state index contributed by atoms with van der Waals surface area (Å²) in [7, 11) is 5.37. The van der Waals surface area contributed by atoms with Crippen molar-refractivity contribution in [3.8, 4) is 11.5 Å². The van der Waals surface area contributed by atoms with E-state index in [0.717, 1.165) is 31.0 Å². The number of hydrogen-bond acceptors (Lipinski definition) is 4. The maximum Gasteiger partial charge on any atom is 0.122 e. The lowest BCUT2D eigenvalue weighted by Crippen LogP contribution is -2.28. The third-order valence-corrected chi connectivity index (χ3v) is 4.74. The zero-order valence-corrected chi connectivity index (χ0v) is 14.9. The van der Waals surface area contributed by atoms with E-state index in [4.69, 9.17) is 9.47 Å². The second kappa shape index (κ2) is 7.71. The van der Waals surface area contributed by atoms with Crippen LogP contribution in [0, 0.1) is 0 Å². The van der Waals surface area contributed by atoms with Crippen molar-refractivity contribution < 1.29 is 9.47 Å². The second-order valence-electron chi connectivity index (χ2n) is 6.47. The fourth-order valence-corrected chi connectivity index (χ4v) is 3.49. The van der Waals surface area contributed by atoms with Crippen molar-refractivity contribution in [1.82, 2.24) is 14.7 Å². The zero-order valence-electron chi connectivity index (χ0n) is 14.9. The van der Waals surface area contributed by atoms with Crippen molar-refractivity contribution in [2.24, 2.45) is 7.05 Å². The number of aromatic nitrogens is 2. The van der Waals surface area contributed by atoms with Gasteiger partial charge in [0.25, 0.3) is 0 Å². The third kappa shape index (κ3) is 3.90. The molecule has 1 atom stereocenters. The Morgan fingerprint density at radius 1 is 1.08 bits per heavy atom. The van der Waals surface area contributed by atoms with Crippen molar-refractivity contribution in [3.05, 3.63) is 41.7 Å². The van der Waals surface area contributed by atoms with Crippen LogP contribution in [-0.2, 0) is 13.6 Å². The van der Waals surface area contributed by atoms with Crippen LogP contribution >= 0.6 is 0 Å². The molecule has 1 aliphatic heterocycles. The lowest BCUT2D eigenvalue weighted by Gasteiger charge is -2.29. The first-order valence-electron chi connectivity index (χ1n) is 8.65. The summed E-state index contributed by atoms with van der Waals surface area (Å²) >= 11 is 0. The monoisotopic (exact) mass is 329 g/mol. The highest BCUT2D eigenvalue weighted by atomic mass is 16.5. The Labute approximate surface area is 144 Å². The second-order valence-corrected chi connectivity index (χ2v) is 6.47. The van der Waals surface area contributed by atoms with Gasteiger partial charge in [-0.2, -0.15) is 5.10 Å². The lowest BCUT2D eigenvalue weighted by molar-refractivity contribution is 0.187. The number of likely N-dealkylation sites (tertiary alicyclic amines) is 1. The summed E-state index contributed by atoms with van der Waals surface area (Å²) in [5, 5.41) is 4.66. The largest absolute Gasteiger partial charge is 0.497 e. The first-order chi connectivity index (χ1) is 11.7. The molecule has 1 aromatic carbocycles. The van der Waals surface area contributed by atoms with Gasteiger partial charge in [-0.15, -0.1) is 0 Å². The molecular formula is C19H27N3O2. The van der Waals surface area contributed by atoms with Gasteiger partial charge >= 0.3 is 0 Å². The summed E-state index contributed by atoms with van der Waals surface area (Å²) in [6.07, 6.45) is 7.00. The van der Waals surface area contributed by atoms with E-state index in [0.29, 0.717) is 6.04 Å². The Hall–Kier alpha value is -2.01. The topological polar surface area (TPSA) is 39.5 Å². The summed E-state index contributed by atoms with van der Waals surface area (Å²) < 4.78 is 12.7. The maximum atomic E-state index is 5.41. The van der Waals surface area contributed by atoms with Gasteiger partial charge in [-0.1, -0.05) is 12.8 Å². The fraction of sp³-hybridized carbons (Fsp3) is 0.526. The van der Waals surface area contributed by atoms with Crippen LogP contribution in [0.15, 0.2) is 30.5 Å². The predicted molar refractivity (Wildman–Crippen MR) is 94.4 cm³/mol. The summed E-state index contributed by atoms with van der Waals surface area (Å²) in [5.41, 5.74) is 2.39. The molecule has 0 N–H and O–H groups in total. The molecule has 0 spiro atoms. The number of aryl methyl sites for hydroxylation is 1. The van der Waals surface area contributed by atoms with Gasteiger partial charge in [0.15, 0.2) is 0 Å². The van der Waals surface area contributed by atoms with Crippen molar-refractivity contribution >= 4 is 0 Å². The Morgan fingerprint density at radius 2 is 1.83 bits per heavy atom. The highest BCUT2D eigenvalue weighted by Crippen LogP contribution is 2.32. The smallest absolute Gasteiger partial charge is 0.122 e. The van der Waals surface area contributed by atoms with Crippen LogP contribution in [0.4, 0.5) is 0 Å². The Kier molecular flexibility index (Phi) is 5.41. The van der Waals surface area contributed by atoms with Crippen LogP contribution in [0.2, 0.25) is 0 Å². The number of hydrogen-bond donors (Lipinski definition) is 0. The molecule has 3 rings (SSSR count). The summed E-state index contributed by atoms with van der Waals surface area (Å²) in [5.74, 6) is 1.68. The van der Waals surface area contributed by atoms with Crippen LogP contribution < -0.4 is 9.47 Å². The molecule has 5 nitrogen and oxygen atoms in total. The minimum Gasteiger partial charge on any atom is -0.497 e. The molecule has 2 aromatic rings. The van der Waals surface area contributed by atoms with E-state index >= 15 is 0 Å². The van der Waals surface area contributed by atoms with E-state index in [2.05, 4.69) is 28.2 Å². The van der Waals surface area contributed by atoms with E-state index in [9.17, 15) is 0 Å². The van der Waals surface area contributed by atoms with Crippen LogP contribution in [0.1, 0.15) is 43.0 Å². The summed E-state index contributed by atoms with van der Waals surface area (Å²) in [4.78, 5) is 2.55. The molecule has 1 unspecified atom stereocenters. The van der Waals surface area contributed by atoms with Crippen LogP contribution in [0.3, 0.4) is 0 Å². The third-order valence-electron chi connectivity index (χ3n) is 4.74. The maximum absolute atomic E-state index is 5.41. The zero-order chi connectivity index (χ0) is 16.9. The highest BCUT2D eigenvalue weighted by Gasteiger charge is 2.24. The molecule has 1 aromatic heterocycles. The number of ether oxygens (including phenoxy) is 2. The number of rotatable bonds is 5. The molecule has 0 amide bonds. The van der Waals surface area contributed by atoms with Gasteiger partial charge in [-0.3, -0.25) is 9.58 Å². The molecule has 130 valence electrons. The molecule has 0 radical (unpaired) electrons. The standard InChI is InChI=1S/C19H27N3O2/c1-21-10-8-18(20-21)19-7-5-4-6-9-22(19)14-15-11-16(23-2)13-17(12-15)24-3/h8,10-13,19H,4-7,9,14H2,1-3H3. The number of methoxy groups -OCH3 is 2. The number of nitrogens with zero attached hydrogens (tertiary/aromatic N) is 3. The highest BCUT2D eigenvalue weighted by molar-refractivity contribution is 5.38. The Morgan fingerprint density at radius 3 is 2.46 bits per heavy atom. The SMILES string of the molecule is COc1cc(CN2CCCCCC2c2ccn(C)n2)cc(OC)c1. The molecule has 5 heteroatoms. The molecule has 24 heavy (non-hydrogen) atoms. The molecule has 0 saturated carbocycles. The van der Waals surface area contributed by atoms with E-state index < -0.39 is 0 Å². The van der Waals surface area contributed by atoms with E-state index in [1.807, 2.05) is 24.0 Å². The van der Waals surface area contributed by atoms with E-state index in [1.165, 1.54) is 30.5 Å². The Balaban J connectivity index is 1.84. The molecule has 1 aliphatic rings. The van der Waals surface area contributed by atoms with Gasteiger partial charge in [0.2, 0.25) is 0 Å². The van der Waals surface area contributed by atoms with Crippen LogP contribution in [-0.4, -0.2) is 35.4 Å². The summed E-state index contributed by atoms with van der Waals surface area (Å²) in [6, 6.07) is 8.65. The molecule has 0 bridgehead atoms. The van der Waals surface area contributed by atoms with Crippen molar-refractivity contribution in [3.63, 3.8) is 0 Å². The lowest BCUT2D eigenvalue weighted by atomic mass is 10.1. The normalized spacial score (nSPS) is 19.0. The average Bonchev–Trinajstić information content (AvgIpc) is 2.89. The predicted octanol–water partition coefficient (Wildman–Crippen LogP) is 3.55. The van der Waals surface area contributed by atoms with Gasteiger partial charge in [0, 0.05) is 25.9 Å². The van der Waals surface area contributed by atoms with Crippen molar-refractivity contribution in [1.29, 1.82) is 0 Å². The van der Waals surface area contributed by atoms with Crippen LogP contribution in [0.25, 0.3) is 0 Å². The van der Waals surface area contributed by atoms with Gasteiger partial charge < -0.3 is 9.47 Å². The van der Waals surface area contributed by atoms with Gasteiger partial charge in [-0.25, -0.2) is 0 Å². The molecule has 0 aliphatic carbocycles. The first kappa shape index (κ1) is 16.8. The van der Waals surface area contributed by atoms with E-state index in [-0.39, 0.29) is 0 Å². The quantitative estimate of drug-likeness (QED) is 0.841. The van der Waals surface area contributed by atoms with Gasteiger partial charge in [-0.05, 0) is 43.1 Å². The Bertz CT molecular complexity index is 646. The fourth-order valence-electron chi connectivity index (χ4n) is 3.49. The van der Waals surface area contributed by atoms with Crippen LogP contribution in [0.5, 0.6) is 11.5 Å². The first-order valence-corrected chi connectivity index (χ1v) is 8.65. The molecule has 2 heterocycles. The number of benzene rings is 1. The van der Waals surface area contributed by atoms with Gasteiger partial charge in [0.1, 0.15) is 11.5 Å².